The van der Waals surface area contributed by atoms with Crippen molar-refractivity contribution in [2.75, 3.05) is 7.05 Å². The van der Waals surface area contributed by atoms with E-state index in [-0.39, 0.29) is 0 Å². The SMILES string of the molecule is CCc1c(C)nn(CC(NC)C2CC2)c1C. The number of hydrogen-bond donors (Lipinski definition) is 1. The Morgan fingerprint density at radius 2 is 2.12 bits per heavy atom. The Balaban J connectivity index is 2.13. The fraction of sp³-hybridized carbons (Fsp3) is 0.769. The smallest absolute Gasteiger partial charge is 0.0628 e. The Labute approximate surface area is 98.2 Å². The lowest BCUT2D eigenvalue weighted by atomic mass is 10.1. The zero-order valence-electron chi connectivity index (χ0n) is 10.9. The highest BCUT2D eigenvalue weighted by Gasteiger charge is 2.30. The molecule has 16 heavy (non-hydrogen) atoms. The van der Waals surface area contributed by atoms with E-state index in [0.717, 1.165) is 18.9 Å². The van der Waals surface area contributed by atoms with Crippen LogP contribution in [0.5, 0.6) is 0 Å². The fourth-order valence-electron chi connectivity index (χ4n) is 2.58. The van der Waals surface area contributed by atoms with Crippen LogP contribution in [0.3, 0.4) is 0 Å². The molecule has 1 saturated carbocycles. The van der Waals surface area contributed by atoms with Crippen LogP contribution < -0.4 is 5.32 Å². The van der Waals surface area contributed by atoms with Gasteiger partial charge in [-0.1, -0.05) is 6.92 Å². The molecule has 3 heteroatoms. The van der Waals surface area contributed by atoms with Crippen LogP contribution in [0, 0.1) is 19.8 Å². The van der Waals surface area contributed by atoms with Crippen LogP contribution in [-0.2, 0) is 13.0 Å². The molecule has 1 N–H and O–H groups in total. The van der Waals surface area contributed by atoms with Crippen molar-refractivity contribution < 1.29 is 0 Å². The average Bonchev–Trinajstić information content (AvgIpc) is 3.05. The van der Waals surface area contributed by atoms with E-state index in [0.29, 0.717) is 6.04 Å². The van der Waals surface area contributed by atoms with Gasteiger partial charge in [0.05, 0.1) is 12.2 Å². The summed E-state index contributed by atoms with van der Waals surface area (Å²) >= 11 is 0. The minimum absolute atomic E-state index is 0.600. The summed E-state index contributed by atoms with van der Waals surface area (Å²) in [4.78, 5) is 0. The van der Waals surface area contributed by atoms with E-state index in [4.69, 9.17) is 0 Å². The number of nitrogens with zero attached hydrogens (tertiary/aromatic N) is 2. The summed E-state index contributed by atoms with van der Waals surface area (Å²) in [7, 11) is 2.06. The molecule has 1 aliphatic carbocycles. The van der Waals surface area contributed by atoms with Crippen LogP contribution in [0.15, 0.2) is 0 Å². The van der Waals surface area contributed by atoms with Gasteiger partial charge in [-0.3, -0.25) is 4.68 Å². The number of nitrogens with one attached hydrogen (secondary N) is 1. The molecule has 0 saturated heterocycles. The quantitative estimate of drug-likeness (QED) is 0.825. The van der Waals surface area contributed by atoms with Crippen molar-refractivity contribution in [1.82, 2.24) is 15.1 Å². The van der Waals surface area contributed by atoms with Crippen LogP contribution in [0.1, 0.15) is 36.7 Å². The van der Waals surface area contributed by atoms with Crippen molar-refractivity contribution in [3.05, 3.63) is 17.0 Å². The van der Waals surface area contributed by atoms with Crippen LogP contribution in [0.2, 0.25) is 0 Å². The van der Waals surface area contributed by atoms with Crippen molar-refractivity contribution in [3.8, 4) is 0 Å². The van der Waals surface area contributed by atoms with Gasteiger partial charge in [-0.15, -0.1) is 0 Å². The van der Waals surface area contributed by atoms with Gasteiger partial charge in [-0.25, -0.2) is 0 Å². The molecular formula is C13H23N3. The summed E-state index contributed by atoms with van der Waals surface area (Å²) < 4.78 is 2.19. The zero-order chi connectivity index (χ0) is 11.7. The molecule has 1 unspecified atom stereocenters. The van der Waals surface area contributed by atoms with E-state index >= 15 is 0 Å². The van der Waals surface area contributed by atoms with Crippen molar-refractivity contribution in [2.24, 2.45) is 5.92 Å². The molecule has 0 radical (unpaired) electrons. The maximum atomic E-state index is 4.66. The van der Waals surface area contributed by atoms with E-state index in [1.54, 1.807) is 0 Å². The van der Waals surface area contributed by atoms with Crippen molar-refractivity contribution in [1.29, 1.82) is 0 Å². The number of aromatic nitrogens is 2. The van der Waals surface area contributed by atoms with Gasteiger partial charge in [0.2, 0.25) is 0 Å². The number of hydrogen-bond acceptors (Lipinski definition) is 2. The molecule has 0 bridgehead atoms. The van der Waals surface area contributed by atoms with Crippen LogP contribution in [-0.4, -0.2) is 22.9 Å². The lowest BCUT2D eigenvalue weighted by Crippen LogP contribution is -2.33. The van der Waals surface area contributed by atoms with Crippen LogP contribution >= 0.6 is 0 Å². The van der Waals surface area contributed by atoms with Gasteiger partial charge in [0.25, 0.3) is 0 Å². The van der Waals surface area contributed by atoms with E-state index in [1.165, 1.54) is 29.8 Å². The van der Waals surface area contributed by atoms with Gasteiger partial charge in [-0.2, -0.15) is 5.10 Å². The molecule has 0 aliphatic heterocycles. The van der Waals surface area contributed by atoms with E-state index in [9.17, 15) is 0 Å². The second kappa shape index (κ2) is 4.58. The standard InChI is InChI=1S/C13H23N3/c1-5-12-9(2)15-16(10(12)3)8-13(14-4)11-6-7-11/h11,13-14H,5-8H2,1-4H3. The van der Waals surface area contributed by atoms with Crippen molar-refractivity contribution >= 4 is 0 Å². The van der Waals surface area contributed by atoms with E-state index < -0.39 is 0 Å². The van der Waals surface area contributed by atoms with Gasteiger partial charge in [0.15, 0.2) is 0 Å². The molecule has 1 heterocycles. The molecule has 0 spiro atoms. The second-order valence-corrected chi connectivity index (χ2v) is 4.92. The molecular weight excluding hydrogens is 198 g/mol. The number of aryl methyl sites for hydroxylation is 1. The average molecular weight is 221 g/mol. The number of rotatable bonds is 5. The normalized spacial score (nSPS) is 17.8. The summed E-state index contributed by atoms with van der Waals surface area (Å²) in [6, 6.07) is 0.600. The first-order chi connectivity index (χ1) is 7.67. The first kappa shape index (κ1) is 11.6. The molecule has 1 atom stereocenters. The maximum absolute atomic E-state index is 4.66. The molecule has 90 valence electrons. The Kier molecular flexibility index (Phi) is 3.33. The third-order valence-corrected chi connectivity index (χ3v) is 3.82. The Morgan fingerprint density at radius 1 is 1.44 bits per heavy atom. The second-order valence-electron chi connectivity index (χ2n) is 4.92. The minimum atomic E-state index is 0.600. The van der Waals surface area contributed by atoms with E-state index in [1.807, 2.05) is 0 Å². The summed E-state index contributed by atoms with van der Waals surface area (Å²) in [6.07, 6.45) is 3.85. The van der Waals surface area contributed by atoms with Gasteiger partial charge < -0.3 is 5.32 Å². The first-order valence-corrected chi connectivity index (χ1v) is 6.37. The van der Waals surface area contributed by atoms with Crippen molar-refractivity contribution in [3.63, 3.8) is 0 Å². The lowest BCUT2D eigenvalue weighted by molar-refractivity contribution is 0.408. The molecule has 1 fully saturated rings. The van der Waals surface area contributed by atoms with Gasteiger partial charge in [-0.05, 0) is 51.6 Å². The number of likely N-dealkylation sites (N-methyl/N-ethyl adjacent to an activating group) is 1. The predicted octanol–water partition coefficient (Wildman–Crippen LogP) is 2.06. The van der Waals surface area contributed by atoms with Crippen LogP contribution in [0.4, 0.5) is 0 Å². The Hall–Kier alpha value is -0.830. The van der Waals surface area contributed by atoms with Gasteiger partial charge in [0, 0.05) is 11.7 Å². The third-order valence-electron chi connectivity index (χ3n) is 3.82. The molecule has 1 aromatic rings. The topological polar surface area (TPSA) is 29.9 Å². The summed E-state index contributed by atoms with van der Waals surface area (Å²) in [5, 5.41) is 8.08. The summed E-state index contributed by atoms with van der Waals surface area (Å²) in [5.74, 6) is 0.874. The predicted molar refractivity (Wildman–Crippen MR) is 66.7 cm³/mol. The monoisotopic (exact) mass is 221 g/mol. The van der Waals surface area contributed by atoms with Gasteiger partial charge >= 0.3 is 0 Å². The highest BCUT2D eigenvalue weighted by molar-refractivity contribution is 5.24. The first-order valence-electron chi connectivity index (χ1n) is 6.37. The Bertz CT molecular complexity index is 363. The highest BCUT2D eigenvalue weighted by atomic mass is 15.3. The van der Waals surface area contributed by atoms with E-state index in [2.05, 4.69) is 42.9 Å². The largest absolute Gasteiger partial charge is 0.315 e. The lowest BCUT2D eigenvalue weighted by Gasteiger charge is -2.16. The molecule has 1 aliphatic rings. The minimum Gasteiger partial charge on any atom is -0.315 e. The molecule has 0 aromatic carbocycles. The van der Waals surface area contributed by atoms with Gasteiger partial charge in [0.1, 0.15) is 0 Å². The fourth-order valence-corrected chi connectivity index (χ4v) is 2.58. The molecule has 1 aromatic heterocycles. The summed E-state index contributed by atoms with van der Waals surface area (Å²) in [6.45, 7) is 7.54. The summed E-state index contributed by atoms with van der Waals surface area (Å²) in [5.41, 5.74) is 3.97. The highest BCUT2D eigenvalue weighted by Crippen LogP contribution is 2.33. The Morgan fingerprint density at radius 3 is 2.56 bits per heavy atom. The molecule has 3 nitrogen and oxygen atoms in total. The molecule has 0 amide bonds. The maximum Gasteiger partial charge on any atom is 0.0628 e. The zero-order valence-corrected chi connectivity index (χ0v) is 10.9. The molecule has 2 rings (SSSR count). The van der Waals surface area contributed by atoms with Crippen LogP contribution in [0.25, 0.3) is 0 Å². The third kappa shape index (κ3) is 2.14. The van der Waals surface area contributed by atoms with Crippen molar-refractivity contribution in [2.45, 2.75) is 52.6 Å².